The van der Waals surface area contributed by atoms with Crippen molar-refractivity contribution in [3.63, 3.8) is 0 Å². The molecule has 1 fully saturated rings. The molecule has 0 saturated carbocycles. The smallest absolute Gasteiger partial charge is 0.265 e. The Bertz CT molecular complexity index is 1290. The molecule has 3 aromatic rings. The fourth-order valence-electron chi connectivity index (χ4n) is 5.13. The number of amides is 2. The molecule has 1 aliphatic heterocycles. The summed E-state index contributed by atoms with van der Waals surface area (Å²) in [5, 5.41) is 5.35. The fourth-order valence-corrected chi connectivity index (χ4v) is 5.13. The average molecular weight is 448 g/mol. The van der Waals surface area contributed by atoms with Gasteiger partial charge in [0.2, 0.25) is 0 Å². The van der Waals surface area contributed by atoms with Gasteiger partial charge in [-0.05, 0) is 69.7 Å². The van der Waals surface area contributed by atoms with Crippen LogP contribution in [-0.4, -0.2) is 50.4 Å². The Morgan fingerprint density at radius 1 is 1.12 bits per heavy atom. The van der Waals surface area contributed by atoms with Crippen LogP contribution in [0.1, 0.15) is 76.9 Å². The summed E-state index contributed by atoms with van der Waals surface area (Å²) in [5.74, 6) is -0.447. The molecule has 8 heteroatoms. The van der Waals surface area contributed by atoms with Crippen molar-refractivity contribution >= 4 is 28.5 Å². The van der Waals surface area contributed by atoms with Gasteiger partial charge in [-0.25, -0.2) is 0 Å². The van der Waals surface area contributed by atoms with Crippen LogP contribution < -0.4 is 5.73 Å². The van der Waals surface area contributed by atoms with Gasteiger partial charge in [0.25, 0.3) is 11.8 Å². The van der Waals surface area contributed by atoms with Crippen LogP contribution in [0.4, 0.5) is 0 Å². The highest BCUT2D eigenvalue weighted by molar-refractivity contribution is 6.01. The summed E-state index contributed by atoms with van der Waals surface area (Å²) >= 11 is 0. The summed E-state index contributed by atoms with van der Waals surface area (Å²) in [5.41, 5.74) is 8.40. The molecule has 33 heavy (non-hydrogen) atoms. The van der Waals surface area contributed by atoms with Gasteiger partial charge in [0, 0.05) is 47.7 Å². The molecule has 0 unspecified atom stereocenters. The van der Waals surface area contributed by atoms with E-state index in [9.17, 15) is 14.4 Å². The Morgan fingerprint density at radius 2 is 1.85 bits per heavy atom. The highest BCUT2D eigenvalue weighted by atomic mass is 16.2. The molecule has 8 nitrogen and oxygen atoms in total. The summed E-state index contributed by atoms with van der Waals surface area (Å²) < 4.78 is 1.90. The van der Waals surface area contributed by atoms with Gasteiger partial charge in [0.1, 0.15) is 11.4 Å². The van der Waals surface area contributed by atoms with Crippen LogP contribution in [0, 0.1) is 5.41 Å². The molecule has 2 aliphatic rings. The number of carbonyl (C=O) groups excluding carboxylic acids is 3. The molecular formula is C25H29N5O3. The van der Waals surface area contributed by atoms with Gasteiger partial charge in [0.05, 0.1) is 5.54 Å². The van der Waals surface area contributed by atoms with E-state index in [4.69, 9.17) is 5.73 Å². The van der Waals surface area contributed by atoms with E-state index in [1.165, 1.54) is 0 Å². The third-order valence-corrected chi connectivity index (χ3v) is 7.09. The Hall–Kier alpha value is -3.42. The Kier molecular flexibility index (Phi) is 4.74. The van der Waals surface area contributed by atoms with E-state index >= 15 is 0 Å². The lowest BCUT2D eigenvalue weighted by Crippen LogP contribution is -2.46. The number of benzene rings is 1. The van der Waals surface area contributed by atoms with Crippen molar-refractivity contribution in [2.24, 2.45) is 11.1 Å². The van der Waals surface area contributed by atoms with Crippen molar-refractivity contribution in [1.29, 1.82) is 0 Å². The predicted octanol–water partition coefficient (Wildman–Crippen LogP) is 3.27. The summed E-state index contributed by atoms with van der Waals surface area (Å²) in [6.07, 6.45) is 4.94. The number of aromatic nitrogens is 3. The van der Waals surface area contributed by atoms with E-state index in [2.05, 4.69) is 30.9 Å². The lowest BCUT2D eigenvalue weighted by atomic mass is 9.67. The molecule has 1 aliphatic carbocycles. The third kappa shape index (κ3) is 3.73. The third-order valence-electron chi connectivity index (χ3n) is 7.09. The van der Waals surface area contributed by atoms with Crippen molar-refractivity contribution in [2.75, 3.05) is 13.1 Å². The van der Waals surface area contributed by atoms with Crippen LogP contribution >= 0.6 is 0 Å². The molecule has 3 N–H and O–H groups in total. The molecule has 2 aromatic heterocycles. The maximum absolute atomic E-state index is 13.2. The van der Waals surface area contributed by atoms with Crippen LogP contribution in [0.5, 0.6) is 0 Å². The first kappa shape index (κ1) is 21.4. The number of nitrogens with one attached hydrogen (secondary N) is 1. The maximum atomic E-state index is 13.2. The molecular weight excluding hydrogens is 418 g/mol. The lowest BCUT2D eigenvalue weighted by molar-refractivity contribution is 0.0520. The molecule has 5 rings (SSSR count). The van der Waals surface area contributed by atoms with Gasteiger partial charge in [-0.1, -0.05) is 0 Å². The number of primary amides is 1. The van der Waals surface area contributed by atoms with Crippen LogP contribution in [0.25, 0.3) is 10.9 Å². The number of hydrogen-bond acceptors (Lipinski definition) is 4. The maximum Gasteiger partial charge on any atom is 0.265 e. The molecule has 1 saturated heterocycles. The highest BCUT2D eigenvalue weighted by Crippen LogP contribution is 2.43. The zero-order valence-electron chi connectivity index (χ0n) is 19.3. The van der Waals surface area contributed by atoms with Gasteiger partial charge < -0.3 is 15.6 Å². The number of Topliss-reactive ketones (excluding diaryl/α,β-unsaturated/α-hetero) is 1. The normalized spacial score (nSPS) is 18.0. The van der Waals surface area contributed by atoms with Crippen molar-refractivity contribution in [1.82, 2.24) is 19.7 Å². The van der Waals surface area contributed by atoms with Crippen LogP contribution in [0.3, 0.4) is 0 Å². The quantitative estimate of drug-likeness (QED) is 0.627. The number of piperidine rings is 1. The van der Waals surface area contributed by atoms with Crippen molar-refractivity contribution in [3.05, 3.63) is 53.0 Å². The Balaban J connectivity index is 1.31. The van der Waals surface area contributed by atoms with E-state index in [-0.39, 0.29) is 22.6 Å². The lowest BCUT2D eigenvalue weighted by Gasteiger charge is -2.43. The van der Waals surface area contributed by atoms with E-state index < -0.39 is 5.91 Å². The minimum absolute atomic E-state index is 0.0306. The number of nitrogens with zero attached hydrogens (tertiary/aromatic N) is 3. The molecule has 172 valence electrons. The summed E-state index contributed by atoms with van der Waals surface area (Å²) in [4.78, 5) is 42.3. The molecule has 2 amide bonds. The summed E-state index contributed by atoms with van der Waals surface area (Å²) in [6.45, 7) is 7.47. The predicted molar refractivity (Wildman–Crippen MR) is 124 cm³/mol. The molecule has 1 aromatic carbocycles. The second-order valence-corrected chi connectivity index (χ2v) is 10.5. The van der Waals surface area contributed by atoms with Crippen molar-refractivity contribution in [3.8, 4) is 0 Å². The number of nitrogens with two attached hydrogens (primary N) is 1. The van der Waals surface area contributed by atoms with Crippen LogP contribution in [0.15, 0.2) is 30.5 Å². The molecule has 3 heterocycles. The average Bonchev–Trinajstić information content (AvgIpc) is 3.37. The van der Waals surface area contributed by atoms with Crippen LogP contribution in [-0.2, 0) is 12.0 Å². The highest BCUT2D eigenvalue weighted by Gasteiger charge is 2.43. The Morgan fingerprint density at radius 3 is 2.52 bits per heavy atom. The van der Waals surface area contributed by atoms with Crippen LogP contribution in [0.2, 0.25) is 0 Å². The summed E-state index contributed by atoms with van der Waals surface area (Å²) in [6, 6.07) is 7.03. The fraction of sp³-hybridized carbons (Fsp3) is 0.440. The van der Waals surface area contributed by atoms with E-state index in [1.807, 2.05) is 15.8 Å². The number of likely N-dealkylation sites (tertiary alicyclic amines) is 1. The Labute approximate surface area is 192 Å². The van der Waals surface area contributed by atoms with E-state index in [0.717, 1.165) is 35.7 Å². The second-order valence-electron chi connectivity index (χ2n) is 10.5. The number of rotatable bonds is 2. The number of aromatic amines is 1. The largest absolute Gasteiger partial charge is 0.364 e. The van der Waals surface area contributed by atoms with E-state index in [0.29, 0.717) is 36.5 Å². The van der Waals surface area contributed by atoms with Gasteiger partial charge in [-0.3, -0.25) is 19.1 Å². The first-order chi connectivity index (χ1) is 15.5. The van der Waals surface area contributed by atoms with Gasteiger partial charge in [-0.2, -0.15) is 5.10 Å². The second kappa shape index (κ2) is 7.30. The molecule has 0 radical (unpaired) electrons. The van der Waals surface area contributed by atoms with Gasteiger partial charge in [0.15, 0.2) is 5.78 Å². The van der Waals surface area contributed by atoms with Crippen molar-refractivity contribution < 1.29 is 14.4 Å². The van der Waals surface area contributed by atoms with Gasteiger partial charge >= 0.3 is 0 Å². The number of H-pyrrole nitrogens is 1. The zero-order chi connectivity index (χ0) is 23.5. The molecule has 0 atom stereocenters. The van der Waals surface area contributed by atoms with Gasteiger partial charge in [-0.15, -0.1) is 0 Å². The number of fused-ring (bicyclic) bond motifs is 2. The number of hydrogen-bond donors (Lipinski definition) is 2. The first-order valence-corrected chi connectivity index (χ1v) is 11.4. The van der Waals surface area contributed by atoms with E-state index in [1.54, 1.807) is 24.3 Å². The standard InChI is InChI=1S/C25H29N5O3/c1-24(2,3)30-14-17-12-25(13-20(31)21(17)28-30)6-8-29(9-7-25)23(33)15-4-5-18-16(10-15)11-19(27-18)22(26)32/h4-5,10-11,14,27H,6-9,12-13H2,1-3H3,(H2,26,32). The number of ketones is 1. The molecule has 0 bridgehead atoms. The first-order valence-electron chi connectivity index (χ1n) is 11.4. The minimum atomic E-state index is -0.529. The topological polar surface area (TPSA) is 114 Å². The zero-order valence-corrected chi connectivity index (χ0v) is 19.3. The molecule has 1 spiro atoms. The monoisotopic (exact) mass is 447 g/mol. The SMILES string of the molecule is CC(C)(C)n1cc2c(n1)C(=O)CC1(CCN(C(=O)c3ccc4[nH]c(C(N)=O)cc4c3)CC1)C2. The summed E-state index contributed by atoms with van der Waals surface area (Å²) in [7, 11) is 0. The van der Waals surface area contributed by atoms with Crippen molar-refractivity contribution in [2.45, 2.75) is 52.0 Å². The number of carbonyl (C=O) groups is 3. The minimum Gasteiger partial charge on any atom is -0.364 e.